The minimum absolute atomic E-state index is 0.110. The zero-order valence-corrected chi connectivity index (χ0v) is 6.11. The Balaban J connectivity index is 3.60. The number of hydrogen-bond acceptors (Lipinski definition) is 3. The molecular formula is C2H5ClO2S2. The van der Waals surface area contributed by atoms with Crippen molar-refractivity contribution in [3.63, 3.8) is 0 Å². The number of hydrogen-bond donors (Lipinski definition) is 0. The maximum atomic E-state index is 10.1. The van der Waals surface area contributed by atoms with Crippen LogP contribution in [0.15, 0.2) is 0 Å². The van der Waals surface area contributed by atoms with Crippen LogP contribution in [0.2, 0.25) is 0 Å². The van der Waals surface area contributed by atoms with Gasteiger partial charge in [0.25, 0.3) is 0 Å². The highest BCUT2D eigenvalue weighted by molar-refractivity contribution is 8.72. The molecule has 0 aliphatic carbocycles. The Kier molecular flexibility index (Phi) is 3.03. The molecule has 0 N–H and O–H groups in total. The molecule has 0 heterocycles. The standard InChI is InChI=1S/C2H5ClO2S2/c1-7(4,5)6-2-3/h2H2,1H3. The second-order valence-electron chi connectivity index (χ2n) is 0.931. The molecule has 0 atom stereocenters. The summed E-state index contributed by atoms with van der Waals surface area (Å²) in [4.78, 5) is 0. The molecule has 0 aliphatic heterocycles. The quantitative estimate of drug-likeness (QED) is 0.444. The van der Waals surface area contributed by atoms with Gasteiger partial charge in [0.1, 0.15) is 0 Å². The van der Waals surface area contributed by atoms with Crippen molar-refractivity contribution in [2.75, 3.05) is 11.5 Å². The smallest absolute Gasteiger partial charge is 0.199 e. The molecule has 0 rings (SSSR count). The Morgan fingerprint density at radius 2 is 2.14 bits per heavy atom. The Hall–Kier alpha value is 0.590. The van der Waals surface area contributed by atoms with Crippen molar-refractivity contribution in [1.82, 2.24) is 0 Å². The lowest BCUT2D eigenvalue weighted by atomic mass is 11.9. The fourth-order valence-corrected chi connectivity index (χ4v) is 2.18. The summed E-state index contributed by atoms with van der Waals surface area (Å²) in [5.74, 6) is 0. The van der Waals surface area contributed by atoms with E-state index in [0.29, 0.717) is 0 Å². The fourth-order valence-electron chi connectivity index (χ4n) is 0.0809. The molecule has 0 aromatic carbocycles. The highest BCUT2D eigenvalue weighted by Gasteiger charge is 1.97. The van der Waals surface area contributed by atoms with Crippen LogP contribution in [0.3, 0.4) is 0 Å². The maximum Gasteiger partial charge on any atom is 0.199 e. The van der Waals surface area contributed by atoms with Gasteiger partial charge in [0.15, 0.2) is 8.87 Å². The summed E-state index contributed by atoms with van der Waals surface area (Å²) in [6.45, 7) is 0. The van der Waals surface area contributed by atoms with Gasteiger partial charge in [0, 0.05) is 6.26 Å². The van der Waals surface area contributed by atoms with Crippen LogP contribution in [-0.4, -0.2) is 19.9 Å². The second kappa shape index (κ2) is 2.79. The molecule has 0 bridgehead atoms. The molecule has 5 heteroatoms. The van der Waals surface area contributed by atoms with Crippen LogP contribution >= 0.6 is 22.4 Å². The van der Waals surface area contributed by atoms with Gasteiger partial charge in [-0.3, -0.25) is 0 Å². The van der Waals surface area contributed by atoms with Crippen molar-refractivity contribution in [3.05, 3.63) is 0 Å². The van der Waals surface area contributed by atoms with Crippen LogP contribution in [0.4, 0.5) is 0 Å². The van der Waals surface area contributed by atoms with Gasteiger partial charge < -0.3 is 0 Å². The summed E-state index contributed by atoms with van der Waals surface area (Å²) in [7, 11) is -2.16. The van der Waals surface area contributed by atoms with Crippen LogP contribution in [0.5, 0.6) is 0 Å². The lowest BCUT2D eigenvalue weighted by molar-refractivity contribution is 0.615. The third kappa shape index (κ3) is 6.59. The average molecular weight is 161 g/mol. The first-order valence-electron chi connectivity index (χ1n) is 1.46. The largest absolute Gasteiger partial charge is 0.218 e. The third-order valence-electron chi connectivity index (χ3n) is 0.259. The van der Waals surface area contributed by atoms with E-state index >= 15 is 0 Å². The zero-order chi connectivity index (χ0) is 5.91. The van der Waals surface area contributed by atoms with E-state index in [9.17, 15) is 8.42 Å². The molecule has 0 saturated heterocycles. The van der Waals surface area contributed by atoms with Crippen molar-refractivity contribution in [1.29, 1.82) is 0 Å². The van der Waals surface area contributed by atoms with Gasteiger partial charge in [-0.25, -0.2) is 8.42 Å². The molecule has 0 aliphatic rings. The van der Waals surface area contributed by atoms with Gasteiger partial charge in [-0.05, 0) is 10.8 Å². The molecule has 2 nitrogen and oxygen atoms in total. The lowest BCUT2D eigenvalue weighted by Gasteiger charge is -1.85. The second-order valence-corrected chi connectivity index (χ2v) is 5.97. The van der Waals surface area contributed by atoms with E-state index in [1.807, 2.05) is 0 Å². The van der Waals surface area contributed by atoms with Crippen molar-refractivity contribution in [2.24, 2.45) is 0 Å². The van der Waals surface area contributed by atoms with Gasteiger partial charge in [-0.1, -0.05) is 0 Å². The summed E-state index contributed by atoms with van der Waals surface area (Å²) in [5, 5.41) is 0.110. The minimum atomic E-state index is -2.89. The number of rotatable bonds is 2. The molecule has 0 fully saturated rings. The highest BCUT2D eigenvalue weighted by atomic mass is 35.5. The molecular weight excluding hydrogens is 156 g/mol. The van der Waals surface area contributed by atoms with E-state index in [1.165, 1.54) is 0 Å². The summed E-state index contributed by atoms with van der Waals surface area (Å²) < 4.78 is 20.2. The Morgan fingerprint density at radius 1 is 1.71 bits per heavy atom. The first-order valence-corrected chi connectivity index (χ1v) is 5.39. The summed E-state index contributed by atoms with van der Waals surface area (Å²) in [6.07, 6.45) is 1.13. The van der Waals surface area contributed by atoms with Crippen molar-refractivity contribution >= 4 is 31.3 Å². The number of alkyl halides is 1. The van der Waals surface area contributed by atoms with Crippen molar-refractivity contribution in [2.45, 2.75) is 0 Å². The van der Waals surface area contributed by atoms with E-state index in [2.05, 4.69) is 0 Å². The van der Waals surface area contributed by atoms with Crippen LogP contribution in [0, 0.1) is 0 Å². The maximum absolute atomic E-state index is 10.1. The molecule has 0 radical (unpaired) electrons. The highest BCUT2D eigenvalue weighted by Crippen LogP contribution is 2.09. The summed E-state index contributed by atoms with van der Waals surface area (Å²) in [6, 6.07) is 0. The van der Waals surface area contributed by atoms with E-state index in [0.717, 1.165) is 17.0 Å². The first-order chi connectivity index (χ1) is 3.06. The topological polar surface area (TPSA) is 34.1 Å². The third-order valence-corrected chi connectivity index (χ3v) is 3.13. The molecule has 0 spiro atoms. The molecule has 0 unspecified atom stereocenters. The molecule has 0 aromatic heterocycles. The molecule has 0 amide bonds. The summed E-state index contributed by atoms with van der Waals surface area (Å²) in [5.41, 5.74) is 0. The Bertz CT molecular complexity index is 127. The predicted molar refractivity (Wildman–Crippen MR) is 33.2 cm³/mol. The van der Waals surface area contributed by atoms with Crippen LogP contribution in [0.25, 0.3) is 0 Å². The van der Waals surface area contributed by atoms with Crippen molar-refractivity contribution in [3.8, 4) is 0 Å². The normalized spacial score (nSPS) is 11.7. The molecule has 0 saturated carbocycles. The van der Waals surface area contributed by atoms with E-state index in [1.54, 1.807) is 0 Å². The average Bonchev–Trinajstić information content (AvgIpc) is 1.30. The van der Waals surface area contributed by atoms with E-state index < -0.39 is 8.87 Å². The summed E-state index contributed by atoms with van der Waals surface area (Å²) >= 11 is 5.07. The lowest BCUT2D eigenvalue weighted by Crippen LogP contribution is -1.85. The molecule has 0 aromatic rings. The van der Waals surface area contributed by atoms with Gasteiger partial charge in [-0.2, -0.15) is 0 Å². The Labute approximate surface area is 51.6 Å². The molecule has 44 valence electrons. The van der Waals surface area contributed by atoms with Crippen LogP contribution in [-0.2, 0) is 8.87 Å². The van der Waals surface area contributed by atoms with Gasteiger partial charge in [0.2, 0.25) is 0 Å². The predicted octanol–water partition coefficient (Wildman–Crippen LogP) is 0.876. The van der Waals surface area contributed by atoms with Crippen LogP contribution in [0.1, 0.15) is 0 Å². The SMILES string of the molecule is CS(=O)(=O)SCCl. The number of halogens is 1. The Morgan fingerprint density at radius 3 is 2.14 bits per heavy atom. The van der Waals surface area contributed by atoms with Gasteiger partial charge in [0.05, 0.1) is 5.21 Å². The van der Waals surface area contributed by atoms with E-state index in [-0.39, 0.29) is 5.21 Å². The van der Waals surface area contributed by atoms with Gasteiger partial charge in [-0.15, -0.1) is 11.6 Å². The van der Waals surface area contributed by atoms with Crippen molar-refractivity contribution < 1.29 is 8.42 Å². The van der Waals surface area contributed by atoms with E-state index in [4.69, 9.17) is 11.6 Å². The van der Waals surface area contributed by atoms with Gasteiger partial charge >= 0.3 is 0 Å². The first kappa shape index (κ1) is 7.59. The monoisotopic (exact) mass is 160 g/mol. The van der Waals surface area contributed by atoms with Crippen LogP contribution < -0.4 is 0 Å². The zero-order valence-electron chi connectivity index (χ0n) is 3.72. The molecule has 7 heavy (non-hydrogen) atoms. The minimum Gasteiger partial charge on any atom is -0.218 e. The fraction of sp³-hybridized carbons (Fsp3) is 1.00.